The van der Waals surface area contributed by atoms with Crippen LogP contribution in [0.5, 0.6) is 5.75 Å². The first-order valence-electron chi connectivity index (χ1n) is 13.7. The molecule has 2 saturated carbocycles. The van der Waals surface area contributed by atoms with Gasteiger partial charge in [-0.05, 0) is 83.0 Å². The second-order valence-corrected chi connectivity index (χ2v) is 16.2. The van der Waals surface area contributed by atoms with Crippen LogP contribution in [0.25, 0.3) is 11.1 Å². The Hall–Kier alpha value is -3.04. The first-order valence-corrected chi connectivity index (χ1v) is 16.8. The smallest absolute Gasteiger partial charge is 0.311 e. The van der Waals surface area contributed by atoms with E-state index in [0.717, 1.165) is 53.3 Å². The summed E-state index contributed by atoms with van der Waals surface area (Å²) < 4.78 is 33.0. The number of nitrogens with zero attached hydrogens (tertiary/aromatic N) is 2. The summed E-state index contributed by atoms with van der Waals surface area (Å²) in [6, 6.07) is 13.2. The van der Waals surface area contributed by atoms with Crippen LogP contribution in [0.2, 0.25) is 0 Å². The minimum absolute atomic E-state index is 0.0796. The molecule has 2 heterocycles. The van der Waals surface area contributed by atoms with Gasteiger partial charge in [0.2, 0.25) is 0 Å². The van der Waals surface area contributed by atoms with E-state index in [1.165, 1.54) is 11.6 Å². The number of halogens is 1. The minimum Gasteiger partial charge on any atom is -0.489 e. The molecule has 1 aliphatic heterocycles. The number of aliphatic carboxylic acids is 1. The number of rotatable bonds is 9. The summed E-state index contributed by atoms with van der Waals surface area (Å²) in [5.74, 6) is 1.98. The highest BCUT2D eigenvalue weighted by molar-refractivity contribution is 8.32. The number of anilines is 1. The maximum absolute atomic E-state index is 14.9. The van der Waals surface area contributed by atoms with Crippen molar-refractivity contribution >= 4 is 31.5 Å². The molecule has 1 N–H and O–H groups in total. The normalized spacial score (nSPS) is 26.9. The van der Waals surface area contributed by atoms with Gasteiger partial charge in [-0.25, -0.2) is 9.37 Å². The molecule has 0 amide bonds. The van der Waals surface area contributed by atoms with Gasteiger partial charge >= 0.3 is 5.97 Å². The SMILES string of the molecule is CCc1cc2c(cc1OCc1cc(-c3ccc(N4CC(CS(C)(=O)=S)C4)nc3C)ccc1F)C1C3C2C13C(=O)O. The van der Waals surface area contributed by atoms with Crippen molar-refractivity contribution in [3.8, 4) is 16.9 Å². The number of ether oxygens (including phenoxy) is 1. The van der Waals surface area contributed by atoms with E-state index < -0.39 is 19.9 Å². The molecule has 0 spiro atoms. The standard InChI is InChI=1S/C31H31FN2O4S2/c1-4-18-10-22-23(28-29-27(22)31(28,29)30(35)36)11-25(18)38-14-20-9-19(5-7-24(20)32)21-6-8-26(33-16(21)2)34-12-17(13-34)15-40(3,37)39/h5-11,17,27-29H,4,12-15H2,1-3H3,(H,35,36). The van der Waals surface area contributed by atoms with Crippen LogP contribution in [0, 0.1) is 30.0 Å². The van der Waals surface area contributed by atoms with Gasteiger partial charge in [0.15, 0.2) is 0 Å². The number of hydrogen-bond donors (Lipinski definition) is 1. The van der Waals surface area contributed by atoms with Crippen molar-refractivity contribution in [2.45, 2.75) is 38.7 Å². The van der Waals surface area contributed by atoms with Crippen molar-refractivity contribution in [2.24, 2.45) is 17.3 Å². The summed E-state index contributed by atoms with van der Waals surface area (Å²) in [7, 11) is -2.16. The summed E-state index contributed by atoms with van der Waals surface area (Å²) >= 11 is 5.06. The molecule has 4 aliphatic carbocycles. The van der Waals surface area contributed by atoms with E-state index in [-0.39, 0.29) is 30.2 Å². The predicted molar refractivity (Wildman–Crippen MR) is 156 cm³/mol. The molecule has 5 atom stereocenters. The zero-order valence-corrected chi connectivity index (χ0v) is 24.3. The maximum atomic E-state index is 14.9. The summed E-state index contributed by atoms with van der Waals surface area (Å²) in [4.78, 5) is 18.8. The molecule has 3 fully saturated rings. The van der Waals surface area contributed by atoms with Crippen LogP contribution in [-0.2, 0) is 37.5 Å². The van der Waals surface area contributed by atoms with E-state index >= 15 is 0 Å². The molecular weight excluding hydrogens is 547 g/mol. The van der Waals surface area contributed by atoms with Gasteiger partial charge in [-0.15, -0.1) is 0 Å². The first kappa shape index (κ1) is 25.9. The molecule has 9 heteroatoms. The highest BCUT2D eigenvalue weighted by Crippen LogP contribution is 2.96. The van der Waals surface area contributed by atoms with E-state index in [2.05, 4.69) is 17.9 Å². The molecular formula is C31H31FN2O4S2. The molecule has 8 rings (SSSR count). The summed E-state index contributed by atoms with van der Waals surface area (Å²) in [6.07, 6.45) is 2.39. The molecule has 5 unspecified atom stereocenters. The number of aromatic nitrogens is 1. The van der Waals surface area contributed by atoms with Gasteiger partial charge in [-0.1, -0.05) is 19.1 Å². The lowest BCUT2D eigenvalue weighted by Crippen LogP contribution is -2.49. The van der Waals surface area contributed by atoms with Gasteiger partial charge in [0, 0.05) is 68.2 Å². The summed E-state index contributed by atoms with van der Waals surface area (Å²) in [5, 5.41) is 9.74. The molecule has 2 bridgehead atoms. The van der Waals surface area contributed by atoms with Gasteiger partial charge in [-0.2, -0.15) is 0 Å². The Labute approximate surface area is 238 Å². The molecule has 0 radical (unpaired) electrons. The molecule has 2 aromatic carbocycles. The Morgan fingerprint density at radius 1 is 1.18 bits per heavy atom. The fourth-order valence-corrected chi connectivity index (χ4v) is 9.03. The first-order chi connectivity index (χ1) is 19.0. The number of aryl methyl sites for hydroxylation is 2. The van der Waals surface area contributed by atoms with E-state index in [1.807, 2.05) is 31.2 Å². The van der Waals surface area contributed by atoms with Crippen LogP contribution in [0.3, 0.4) is 0 Å². The van der Waals surface area contributed by atoms with E-state index in [4.69, 9.17) is 20.9 Å². The third kappa shape index (κ3) is 3.80. The second-order valence-electron chi connectivity index (χ2n) is 11.9. The van der Waals surface area contributed by atoms with E-state index in [1.54, 1.807) is 12.3 Å². The highest BCUT2D eigenvalue weighted by Gasteiger charge is 2.95. The van der Waals surface area contributed by atoms with E-state index in [9.17, 15) is 18.5 Å². The zero-order valence-electron chi connectivity index (χ0n) is 22.6. The molecule has 1 aromatic heterocycles. The minimum atomic E-state index is -2.16. The number of benzene rings is 2. The Morgan fingerprint density at radius 3 is 2.52 bits per heavy atom. The maximum Gasteiger partial charge on any atom is 0.311 e. The van der Waals surface area contributed by atoms with Crippen molar-refractivity contribution in [3.63, 3.8) is 0 Å². The lowest BCUT2D eigenvalue weighted by atomic mass is 10.00. The van der Waals surface area contributed by atoms with Crippen molar-refractivity contribution in [1.29, 1.82) is 0 Å². The largest absolute Gasteiger partial charge is 0.489 e. The Balaban J connectivity index is 1.07. The van der Waals surface area contributed by atoms with Crippen LogP contribution in [0.4, 0.5) is 10.2 Å². The Bertz CT molecular complexity index is 1700. The zero-order chi connectivity index (χ0) is 28.1. The van der Waals surface area contributed by atoms with Crippen molar-refractivity contribution in [1.82, 2.24) is 4.98 Å². The molecule has 6 nitrogen and oxygen atoms in total. The van der Waals surface area contributed by atoms with Gasteiger partial charge < -0.3 is 14.7 Å². The van der Waals surface area contributed by atoms with Crippen molar-refractivity contribution < 1.29 is 23.2 Å². The summed E-state index contributed by atoms with van der Waals surface area (Å²) in [6.45, 7) is 5.68. The fourth-order valence-electron chi connectivity index (χ4n) is 7.38. The highest BCUT2D eigenvalue weighted by atomic mass is 32.8. The number of carboxylic acid groups (broad SMARTS) is 1. The predicted octanol–water partition coefficient (Wildman–Crippen LogP) is 5.05. The van der Waals surface area contributed by atoms with Gasteiger partial charge in [0.1, 0.15) is 24.0 Å². The van der Waals surface area contributed by atoms with Crippen molar-refractivity contribution in [3.05, 3.63) is 76.2 Å². The number of pyridine rings is 1. The lowest BCUT2D eigenvalue weighted by molar-refractivity contribution is -0.141. The number of carboxylic acids is 1. The van der Waals surface area contributed by atoms with Crippen LogP contribution in [0.1, 0.15) is 46.7 Å². The quantitative estimate of drug-likeness (QED) is 0.381. The molecule has 3 aromatic rings. The third-order valence-electron chi connectivity index (χ3n) is 9.40. The second kappa shape index (κ2) is 8.73. The van der Waals surface area contributed by atoms with Crippen LogP contribution in [-0.4, -0.2) is 45.4 Å². The topological polar surface area (TPSA) is 79.7 Å². The number of hydrogen-bond acceptors (Lipinski definition) is 6. The molecule has 1 saturated heterocycles. The number of carbonyl (C=O) groups is 1. The van der Waals surface area contributed by atoms with Gasteiger partial charge in [-0.3, -0.25) is 9.00 Å². The monoisotopic (exact) mass is 578 g/mol. The summed E-state index contributed by atoms with van der Waals surface area (Å²) in [5.41, 5.74) is 5.84. The van der Waals surface area contributed by atoms with Crippen molar-refractivity contribution in [2.75, 3.05) is 30.0 Å². The average molecular weight is 579 g/mol. The third-order valence-corrected chi connectivity index (χ3v) is 10.9. The Morgan fingerprint density at radius 2 is 1.90 bits per heavy atom. The average Bonchev–Trinajstić information content (AvgIpc) is 3.67. The fraction of sp³-hybridized carbons (Fsp3) is 0.419. The van der Waals surface area contributed by atoms with Crippen LogP contribution in [0.15, 0.2) is 42.5 Å². The molecule has 208 valence electrons. The molecule has 5 aliphatic rings. The van der Waals surface area contributed by atoms with Gasteiger partial charge in [0.25, 0.3) is 0 Å². The van der Waals surface area contributed by atoms with Crippen LogP contribution >= 0.6 is 0 Å². The molecule has 40 heavy (non-hydrogen) atoms. The lowest BCUT2D eigenvalue weighted by Gasteiger charge is -2.40. The Kier molecular flexibility index (Phi) is 5.65. The van der Waals surface area contributed by atoms with Gasteiger partial charge in [0.05, 0.1) is 5.41 Å². The van der Waals surface area contributed by atoms with Crippen LogP contribution < -0.4 is 9.64 Å². The van der Waals surface area contributed by atoms with E-state index in [0.29, 0.717) is 23.0 Å².